The average molecular weight is 394 g/mol. The lowest BCUT2D eigenvalue weighted by Gasteiger charge is -2.17. The van der Waals surface area contributed by atoms with Crippen LogP contribution in [0.15, 0.2) is 53.9 Å². The zero-order chi connectivity index (χ0) is 19.3. The van der Waals surface area contributed by atoms with Gasteiger partial charge >= 0.3 is 0 Å². The Balaban J connectivity index is 1.54. The fraction of sp³-hybridized carbons (Fsp3) is 0.333. The highest BCUT2D eigenvalue weighted by Crippen LogP contribution is 2.28. The van der Waals surface area contributed by atoms with Crippen LogP contribution in [0.4, 0.5) is 0 Å². The van der Waals surface area contributed by atoms with E-state index >= 15 is 0 Å². The highest BCUT2D eigenvalue weighted by molar-refractivity contribution is 7.98. The van der Waals surface area contributed by atoms with Gasteiger partial charge in [0.2, 0.25) is 0 Å². The van der Waals surface area contributed by atoms with Crippen molar-refractivity contribution < 1.29 is 4.79 Å². The first kappa shape index (κ1) is 18.7. The molecule has 1 aliphatic rings. The second-order valence-corrected chi connectivity index (χ2v) is 7.67. The summed E-state index contributed by atoms with van der Waals surface area (Å²) in [5.41, 5.74) is 2.84. The third kappa shape index (κ3) is 3.80. The van der Waals surface area contributed by atoms with Crippen molar-refractivity contribution in [2.45, 2.75) is 37.2 Å². The van der Waals surface area contributed by atoms with E-state index in [-0.39, 0.29) is 5.91 Å². The molecule has 0 N–H and O–H groups in total. The van der Waals surface area contributed by atoms with Gasteiger partial charge in [-0.2, -0.15) is 0 Å². The molecule has 4 rings (SSSR count). The van der Waals surface area contributed by atoms with Gasteiger partial charge < -0.3 is 9.47 Å². The van der Waals surface area contributed by atoms with Crippen molar-refractivity contribution in [3.8, 4) is 11.4 Å². The zero-order valence-corrected chi connectivity index (χ0v) is 16.7. The molecule has 1 aromatic carbocycles. The Morgan fingerprint density at radius 2 is 1.82 bits per heavy atom. The third-order valence-corrected chi connectivity index (χ3v) is 5.98. The first-order chi connectivity index (χ1) is 13.8. The van der Waals surface area contributed by atoms with E-state index in [1.165, 1.54) is 0 Å². The number of hydrogen-bond donors (Lipinski definition) is 0. The van der Waals surface area contributed by atoms with Crippen molar-refractivity contribution in [1.82, 2.24) is 24.6 Å². The van der Waals surface area contributed by atoms with Gasteiger partial charge in [-0.3, -0.25) is 9.78 Å². The van der Waals surface area contributed by atoms with Crippen LogP contribution in [0.1, 0.15) is 35.7 Å². The second-order valence-electron chi connectivity index (χ2n) is 6.73. The molecule has 1 saturated heterocycles. The van der Waals surface area contributed by atoms with Gasteiger partial charge in [0.1, 0.15) is 0 Å². The lowest BCUT2D eigenvalue weighted by molar-refractivity contribution is 0.0792. The van der Waals surface area contributed by atoms with Crippen LogP contribution >= 0.6 is 11.8 Å². The largest absolute Gasteiger partial charge is 0.339 e. The Labute approximate surface area is 169 Å². The predicted octanol–water partition coefficient (Wildman–Crippen LogP) is 3.89. The molecular formula is C21H23N5OS. The first-order valence-corrected chi connectivity index (χ1v) is 10.6. The number of likely N-dealkylation sites (tertiary alicyclic amines) is 1. The summed E-state index contributed by atoms with van der Waals surface area (Å²) < 4.78 is 2.10. The molecule has 0 aliphatic carbocycles. The molecule has 0 spiro atoms. The monoisotopic (exact) mass is 393 g/mol. The van der Waals surface area contributed by atoms with Gasteiger partial charge in [0.15, 0.2) is 11.0 Å². The lowest BCUT2D eigenvalue weighted by atomic mass is 10.1. The van der Waals surface area contributed by atoms with E-state index in [4.69, 9.17) is 0 Å². The van der Waals surface area contributed by atoms with E-state index in [0.29, 0.717) is 5.75 Å². The number of benzene rings is 1. The van der Waals surface area contributed by atoms with E-state index in [9.17, 15) is 4.79 Å². The van der Waals surface area contributed by atoms with Crippen LogP contribution in [0.2, 0.25) is 0 Å². The van der Waals surface area contributed by atoms with Crippen LogP contribution in [0, 0.1) is 0 Å². The second kappa shape index (κ2) is 8.56. The van der Waals surface area contributed by atoms with Crippen LogP contribution in [0.3, 0.4) is 0 Å². The van der Waals surface area contributed by atoms with Gasteiger partial charge in [-0.15, -0.1) is 10.2 Å². The summed E-state index contributed by atoms with van der Waals surface area (Å²) in [7, 11) is 0. The quantitative estimate of drug-likeness (QED) is 0.595. The van der Waals surface area contributed by atoms with E-state index < -0.39 is 0 Å². The molecule has 0 radical (unpaired) electrons. The maximum atomic E-state index is 12.9. The van der Waals surface area contributed by atoms with Crippen molar-refractivity contribution in [3.05, 3.63) is 59.9 Å². The van der Waals surface area contributed by atoms with E-state index in [2.05, 4.69) is 26.7 Å². The summed E-state index contributed by atoms with van der Waals surface area (Å²) in [4.78, 5) is 18.9. The van der Waals surface area contributed by atoms with E-state index in [1.807, 2.05) is 41.3 Å². The maximum Gasteiger partial charge on any atom is 0.254 e. The average Bonchev–Trinajstić information content (AvgIpc) is 3.42. The van der Waals surface area contributed by atoms with Gasteiger partial charge in [0.25, 0.3) is 5.91 Å². The Morgan fingerprint density at radius 3 is 2.57 bits per heavy atom. The molecule has 1 aliphatic heterocycles. The van der Waals surface area contributed by atoms with Gasteiger partial charge in [-0.1, -0.05) is 30.0 Å². The molecule has 0 atom stereocenters. The zero-order valence-electron chi connectivity index (χ0n) is 15.9. The number of rotatable bonds is 6. The normalized spacial score (nSPS) is 13.8. The fourth-order valence-electron chi connectivity index (χ4n) is 3.48. The molecule has 144 valence electrons. The Kier molecular flexibility index (Phi) is 5.71. The first-order valence-electron chi connectivity index (χ1n) is 9.61. The molecule has 0 unspecified atom stereocenters. The summed E-state index contributed by atoms with van der Waals surface area (Å²) in [6.07, 6.45) is 5.72. The van der Waals surface area contributed by atoms with Crippen LogP contribution in [-0.2, 0) is 12.3 Å². The number of amides is 1. The predicted molar refractivity (Wildman–Crippen MR) is 110 cm³/mol. The Morgan fingerprint density at radius 1 is 1.07 bits per heavy atom. The molecule has 1 fully saturated rings. The maximum absolute atomic E-state index is 12.9. The molecule has 7 heteroatoms. The molecular weight excluding hydrogens is 370 g/mol. The molecule has 1 amide bonds. The molecule has 3 heterocycles. The highest BCUT2D eigenvalue weighted by Gasteiger charge is 2.22. The molecule has 6 nitrogen and oxygen atoms in total. The summed E-state index contributed by atoms with van der Waals surface area (Å²) in [6, 6.07) is 11.8. The molecule has 0 bridgehead atoms. The van der Waals surface area contributed by atoms with Crippen LogP contribution in [0.25, 0.3) is 11.4 Å². The number of carbonyl (C=O) groups excluding carboxylic acids is 1. The fourth-order valence-corrected chi connectivity index (χ4v) is 4.49. The minimum atomic E-state index is 0.142. The number of aromatic nitrogens is 4. The molecule has 0 saturated carbocycles. The minimum absolute atomic E-state index is 0.142. The van der Waals surface area contributed by atoms with Gasteiger partial charge in [-0.25, -0.2) is 0 Å². The summed E-state index contributed by atoms with van der Waals surface area (Å²) in [5, 5.41) is 9.63. The summed E-state index contributed by atoms with van der Waals surface area (Å²) >= 11 is 1.62. The molecule has 2 aromatic heterocycles. The SMILES string of the molecule is CCn1c(SCc2ccccc2C(=O)N2CCCC2)nnc1-c1ccncc1. The van der Waals surface area contributed by atoms with Crippen molar-refractivity contribution in [3.63, 3.8) is 0 Å². The standard InChI is InChI=1S/C21H23N5OS/c1-2-26-19(16-9-11-22-12-10-16)23-24-21(26)28-15-17-7-3-4-8-18(17)20(27)25-13-5-6-14-25/h3-4,7-12H,2,5-6,13-15H2,1H3. The summed E-state index contributed by atoms with van der Waals surface area (Å²) in [6.45, 7) is 4.59. The van der Waals surface area contributed by atoms with Crippen molar-refractivity contribution in [1.29, 1.82) is 0 Å². The number of carbonyl (C=O) groups is 1. The minimum Gasteiger partial charge on any atom is -0.339 e. The van der Waals surface area contributed by atoms with Gasteiger partial charge in [-0.05, 0) is 43.5 Å². The lowest BCUT2D eigenvalue weighted by Crippen LogP contribution is -2.28. The van der Waals surface area contributed by atoms with Crippen molar-refractivity contribution in [2.75, 3.05) is 13.1 Å². The van der Waals surface area contributed by atoms with Crippen molar-refractivity contribution >= 4 is 17.7 Å². The van der Waals surface area contributed by atoms with Crippen LogP contribution < -0.4 is 0 Å². The number of pyridine rings is 1. The van der Waals surface area contributed by atoms with Gasteiger partial charge in [0.05, 0.1) is 0 Å². The van der Waals surface area contributed by atoms with E-state index in [1.54, 1.807) is 24.2 Å². The van der Waals surface area contributed by atoms with Crippen LogP contribution in [-0.4, -0.2) is 43.6 Å². The number of thioether (sulfide) groups is 1. The Hall–Kier alpha value is -2.67. The molecule has 3 aromatic rings. The van der Waals surface area contributed by atoms with Gasteiger partial charge in [0, 0.05) is 48.9 Å². The highest BCUT2D eigenvalue weighted by atomic mass is 32.2. The molecule has 28 heavy (non-hydrogen) atoms. The Bertz CT molecular complexity index is 950. The number of nitrogens with zero attached hydrogens (tertiary/aromatic N) is 5. The topological polar surface area (TPSA) is 63.9 Å². The smallest absolute Gasteiger partial charge is 0.254 e. The number of hydrogen-bond acceptors (Lipinski definition) is 5. The summed E-state index contributed by atoms with van der Waals surface area (Å²) in [5.74, 6) is 1.67. The van der Waals surface area contributed by atoms with E-state index in [0.717, 1.165) is 60.1 Å². The van der Waals surface area contributed by atoms with Crippen molar-refractivity contribution in [2.24, 2.45) is 0 Å². The third-order valence-electron chi connectivity index (χ3n) is 4.97. The van der Waals surface area contributed by atoms with Crippen LogP contribution in [0.5, 0.6) is 0 Å².